The Balaban J connectivity index is 1.28. The molecule has 2 saturated heterocycles. The molecule has 0 bridgehead atoms. The number of nitrogens with one attached hydrogen (secondary N) is 4. The van der Waals surface area contributed by atoms with Gasteiger partial charge in [0.25, 0.3) is 5.91 Å². The molecule has 3 atom stereocenters. The molecule has 2 fully saturated rings. The summed E-state index contributed by atoms with van der Waals surface area (Å²) in [4.78, 5) is 75.6. The lowest BCUT2D eigenvalue weighted by molar-refractivity contribution is -0.151. The van der Waals surface area contributed by atoms with Crippen LogP contribution < -0.4 is 21.4 Å². The predicted molar refractivity (Wildman–Crippen MR) is 140 cm³/mol. The zero-order valence-electron chi connectivity index (χ0n) is 21.1. The van der Waals surface area contributed by atoms with Crippen LogP contribution >= 0.6 is 23.5 Å². The topological polar surface area (TPSA) is 221 Å². The molecule has 0 radical (unpaired) electrons. The molecule has 17 nitrogen and oxygen atoms in total. The van der Waals surface area contributed by atoms with Gasteiger partial charge in [-0.25, -0.2) is 29.5 Å². The zero-order valence-corrected chi connectivity index (χ0v) is 22.8. The third-order valence-corrected chi connectivity index (χ3v) is 8.64. The first-order valence-corrected chi connectivity index (χ1v) is 14.0. The zero-order chi connectivity index (χ0) is 29.3. The van der Waals surface area contributed by atoms with Gasteiger partial charge in [0.05, 0.1) is 0 Å². The van der Waals surface area contributed by atoms with Crippen LogP contribution in [-0.4, -0.2) is 100 Å². The number of thioether (sulfide) groups is 2. The first-order chi connectivity index (χ1) is 19.6. The van der Waals surface area contributed by atoms with E-state index in [4.69, 9.17) is 0 Å². The normalized spacial score (nSPS) is 20.7. The summed E-state index contributed by atoms with van der Waals surface area (Å²) in [6, 6.07) is 4.08. The highest BCUT2D eigenvalue weighted by Gasteiger charge is 2.54. The Labute approximate surface area is 239 Å². The highest BCUT2D eigenvalue weighted by atomic mass is 32.2. The molecule has 0 saturated carbocycles. The lowest BCUT2D eigenvalue weighted by Crippen LogP contribution is -2.71. The maximum Gasteiger partial charge on any atom is 0.352 e. The Morgan fingerprint density at radius 1 is 1.22 bits per heavy atom. The van der Waals surface area contributed by atoms with Crippen molar-refractivity contribution in [1.82, 2.24) is 51.5 Å². The van der Waals surface area contributed by atoms with Crippen molar-refractivity contribution in [2.75, 3.05) is 18.1 Å². The molecule has 3 aliphatic heterocycles. The fourth-order valence-electron chi connectivity index (χ4n) is 4.29. The Morgan fingerprint density at radius 2 is 1.98 bits per heavy atom. The molecule has 0 spiro atoms. The van der Waals surface area contributed by atoms with Gasteiger partial charge in [-0.2, -0.15) is 0 Å². The van der Waals surface area contributed by atoms with E-state index >= 15 is 0 Å². The van der Waals surface area contributed by atoms with E-state index in [0.717, 1.165) is 9.91 Å². The second-order valence-electron chi connectivity index (χ2n) is 8.90. The average molecular weight is 603 g/mol. The van der Waals surface area contributed by atoms with Crippen LogP contribution in [0.5, 0.6) is 0 Å². The lowest BCUT2D eigenvalue weighted by atomic mass is 10.0. The van der Waals surface area contributed by atoms with Crippen LogP contribution in [0.1, 0.15) is 11.6 Å². The summed E-state index contributed by atoms with van der Waals surface area (Å²) in [6.07, 6.45) is 0. The van der Waals surface area contributed by atoms with Crippen molar-refractivity contribution < 1.29 is 33.9 Å². The molecule has 41 heavy (non-hydrogen) atoms. The van der Waals surface area contributed by atoms with E-state index in [0.29, 0.717) is 22.0 Å². The number of carbonyl (C=O) groups excluding carboxylic acids is 5. The first kappa shape index (κ1) is 27.9. The lowest BCUT2D eigenvalue weighted by Gasteiger charge is -2.49. The number of carbonyl (C=O) groups is 6. The van der Waals surface area contributed by atoms with Gasteiger partial charge < -0.3 is 15.7 Å². The number of urea groups is 2. The van der Waals surface area contributed by atoms with Gasteiger partial charge >= 0.3 is 18.0 Å². The summed E-state index contributed by atoms with van der Waals surface area (Å²) in [5.41, 5.74) is 2.94. The molecule has 0 aliphatic carbocycles. The van der Waals surface area contributed by atoms with Crippen LogP contribution in [0.3, 0.4) is 0 Å². The van der Waals surface area contributed by atoms with Crippen LogP contribution in [-0.2, 0) is 26.2 Å². The van der Waals surface area contributed by atoms with Crippen molar-refractivity contribution in [2.24, 2.45) is 7.05 Å². The van der Waals surface area contributed by atoms with Crippen molar-refractivity contribution in [2.45, 2.75) is 22.6 Å². The highest BCUT2D eigenvalue weighted by Crippen LogP contribution is 2.41. The third kappa shape index (κ3) is 5.66. The van der Waals surface area contributed by atoms with Crippen molar-refractivity contribution >= 4 is 59.3 Å². The predicted octanol–water partition coefficient (Wildman–Crippen LogP) is -1.45. The van der Waals surface area contributed by atoms with Crippen LogP contribution in [0.25, 0.3) is 0 Å². The van der Waals surface area contributed by atoms with Gasteiger partial charge in [0, 0.05) is 18.6 Å². The second-order valence-corrected chi connectivity index (χ2v) is 10.9. The number of aryl methyl sites for hydroxylation is 1. The van der Waals surface area contributed by atoms with Gasteiger partial charge in [-0.05, 0) is 21.6 Å². The van der Waals surface area contributed by atoms with E-state index in [1.807, 2.05) is 5.32 Å². The Hall–Kier alpha value is -4.65. The SMILES string of the molecule is Cn1nnnc1SCC1=C(C(=O)O)N2C(=O)[C@H](NC(=O)C(NC(=O)NN3CC(=O)NC3=O)c3ccccc3)C2SC1. The van der Waals surface area contributed by atoms with Crippen molar-refractivity contribution in [3.05, 3.63) is 47.2 Å². The smallest absolute Gasteiger partial charge is 0.352 e. The van der Waals surface area contributed by atoms with E-state index in [1.165, 1.54) is 28.2 Å². The number of hydrazine groups is 1. The largest absolute Gasteiger partial charge is 0.477 e. The minimum atomic E-state index is -1.28. The van der Waals surface area contributed by atoms with Gasteiger partial charge in [-0.3, -0.25) is 24.6 Å². The summed E-state index contributed by atoms with van der Waals surface area (Å²) in [5.74, 6) is -2.69. The summed E-state index contributed by atoms with van der Waals surface area (Å²) >= 11 is 2.53. The molecule has 5 N–H and O–H groups in total. The molecule has 1 aromatic carbocycles. The van der Waals surface area contributed by atoms with Crippen LogP contribution in [0.4, 0.5) is 9.59 Å². The first-order valence-electron chi connectivity index (χ1n) is 11.9. The molecular formula is C22H22N10O7S2. The Bertz CT molecular complexity index is 1470. The minimum absolute atomic E-state index is 0.151. The minimum Gasteiger partial charge on any atom is -0.477 e. The maximum atomic E-state index is 13.4. The summed E-state index contributed by atoms with van der Waals surface area (Å²) < 4.78 is 1.45. The number of benzene rings is 1. The summed E-state index contributed by atoms with van der Waals surface area (Å²) in [7, 11) is 1.65. The monoisotopic (exact) mass is 602 g/mol. The number of rotatable bonds is 9. The second kappa shape index (κ2) is 11.5. The number of fused-ring (bicyclic) bond motifs is 1. The highest BCUT2D eigenvalue weighted by molar-refractivity contribution is 8.01. The molecule has 7 amide bonds. The Kier molecular flexibility index (Phi) is 7.79. The number of β-lactam (4-membered cyclic amide) rings is 1. The quantitative estimate of drug-likeness (QED) is 0.126. The van der Waals surface area contributed by atoms with Gasteiger partial charge in [-0.15, -0.1) is 16.9 Å². The molecule has 3 aliphatic rings. The van der Waals surface area contributed by atoms with Crippen molar-refractivity contribution in [3.8, 4) is 0 Å². The molecule has 214 valence electrons. The number of carboxylic acids is 1. The number of tetrazole rings is 1. The van der Waals surface area contributed by atoms with Gasteiger partial charge in [0.2, 0.25) is 17.0 Å². The van der Waals surface area contributed by atoms with E-state index in [-0.39, 0.29) is 11.4 Å². The van der Waals surface area contributed by atoms with Gasteiger partial charge in [-0.1, -0.05) is 42.1 Å². The van der Waals surface area contributed by atoms with Gasteiger partial charge in [0.1, 0.15) is 29.7 Å². The number of nitrogens with zero attached hydrogens (tertiary/aromatic N) is 6. The maximum absolute atomic E-state index is 13.4. The molecule has 2 unspecified atom stereocenters. The van der Waals surface area contributed by atoms with Crippen LogP contribution in [0.2, 0.25) is 0 Å². The number of amides is 7. The van der Waals surface area contributed by atoms with Crippen LogP contribution in [0.15, 0.2) is 46.8 Å². The number of imide groups is 1. The summed E-state index contributed by atoms with van der Waals surface area (Å²) in [5, 5.41) is 28.7. The molecule has 4 heterocycles. The standard InChI is InChI=1S/C22H22N10O7S2/c1-30-22(26-28-29-30)41-9-11-8-40-18-14(17(35)32(18)15(11)19(36)37)24-16(34)13(10-5-3-2-4-6-10)25-20(38)27-31-7-12(33)23-21(31)39/h2-6,13-14,18H,7-9H2,1H3,(H,24,34)(H,36,37)(H,23,33,39)(H2,25,27,38)/t13?,14-,18?/m0/s1. The van der Waals surface area contributed by atoms with E-state index in [1.54, 1.807) is 37.4 Å². The fourth-order valence-corrected chi connectivity index (χ4v) is 6.62. The number of hydrogen-bond acceptors (Lipinski definition) is 11. The average Bonchev–Trinajstić information content (AvgIpc) is 3.51. The van der Waals surface area contributed by atoms with E-state index in [2.05, 4.69) is 31.6 Å². The van der Waals surface area contributed by atoms with E-state index in [9.17, 15) is 33.9 Å². The summed E-state index contributed by atoms with van der Waals surface area (Å²) in [6.45, 7) is -0.394. The molecule has 1 aromatic heterocycles. The molecule has 2 aromatic rings. The Morgan fingerprint density at radius 3 is 2.61 bits per heavy atom. The number of aliphatic carboxylic acids is 1. The molecular weight excluding hydrogens is 580 g/mol. The number of carboxylic acid groups (broad SMARTS) is 1. The number of aromatic nitrogens is 4. The van der Waals surface area contributed by atoms with Crippen LogP contribution in [0, 0.1) is 0 Å². The van der Waals surface area contributed by atoms with Crippen molar-refractivity contribution in [3.63, 3.8) is 0 Å². The molecule has 19 heteroatoms. The molecule has 5 rings (SSSR count). The van der Waals surface area contributed by atoms with Crippen molar-refractivity contribution in [1.29, 1.82) is 0 Å². The fraction of sp³-hybridized carbons (Fsp3) is 0.318. The van der Waals surface area contributed by atoms with E-state index < -0.39 is 59.8 Å². The van der Waals surface area contributed by atoms with Gasteiger partial charge in [0.15, 0.2) is 0 Å². The number of hydrogen-bond donors (Lipinski definition) is 5. The third-order valence-electron chi connectivity index (χ3n) is 6.20.